The second-order valence-corrected chi connectivity index (χ2v) is 7.00. The molecule has 1 aliphatic rings. The molecule has 4 heteroatoms. The normalized spacial score (nSPS) is 14.8. The molecule has 0 atom stereocenters. The first-order valence-corrected chi connectivity index (χ1v) is 8.15. The first-order valence-electron chi connectivity index (χ1n) is 7.77. The summed E-state index contributed by atoms with van der Waals surface area (Å²) in [5, 5.41) is 0.669. The average Bonchev–Trinajstić information content (AvgIpc) is 2.37. The number of rotatable bonds is 5. The Morgan fingerprint density at radius 1 is 1.00 bits per heavy atom. The van der Waals surface area contributed by atoms with Gasteiger partial charge in [0.15, 0.2) is 0 Å². The predicted molar refractivity (Wildman–Crippen MR) is 85.6 cm³/mol. The van der Waals surface area contributed by atoms with Crippen LogP contribution in [0, 0.1) is 11.8 Å². The summed E-state index contributed by atoms with van der Waals surface area (Å²) >= 11 is 6.39. The topological polar surface area (TPSA) is 29.0 Å². The zero-order chi connectivity index (χ0) is 14.7. The Hall–Kier alpha value is -0.830. The fraction of sp³-hybridized carbons (Fsp3) is 0.750. The molecule has 0 aromatic carbocycles. The summed E-state index contributed by atoms with van der Waals surface area (Å²) in [5.41, 5.74) is 2.35. The predicted octanol–water partition coefficient (Wildman–Crippen LogP) is 4.13. The third kappa shape index (κ3) is 3.85. The molecule has 112 valence electrons. The summed E-state index contributed by atoms with van der Waals surface area (Å²) in [6.45, 7) is 10.9. The third-order valence-electron chi connectivity index (χ3n) is 3.57. The molecule has 0 fully saturated rings. The lowest BCUT2D eigenvalue weighted by atomic mass is 9.97. The van der Waals surface area contributed by atoms with E-state index in [0.29, 0.717) is 17.0 Å². The molecule has 0 spiro atoms. The summed E-state index contributed by atoms with van der Waals surface area (Å²) in [6.07, 6.45) is 4.50. The van der Waals surface area contributed by atoms with Crippen LogP contribution in [0.1, 0.15) is 51.8 Å². The van der Waals surface area contributed by atoms with E-state index >= 15 is 0 Å². The lowest BCUT2D eigenvalue weighted by Crippen LogP contribution is -2.33. The fourth-order valence-electron chi connectivity index (χ4n) is 2.80. The SMILES string of the molecule is CC(C)CN(CC(C)C)c1nc(Cl)c2c(n1)CCCC2. The largest absolute Gasteiger partial charge is 0.340 e. The van der Waals surface area contributed by atoms with Crippen molar-refractivity contribution in [2.24, 2.45) is 11.8 Å². The van der Waals surface area contributed by atoms with Gasteiger partial charge in [-0.3, -0.25) is 0 Å². The van der Waals surface area contributed by atoms with E-state index < -0.39 is 0 Å². The van der Waals surface area contributed by atoms with Crippen LogP contribution in [0.5, 0.6) is 0 Å². The third-order valence-corrected chi connectivity index (χ3v) is 3.89. The van der Waals surface area contributed by atoms with Crippen LogP contribution in [-0.4, -0.2) is 23.1 Å². The van der Waals surface area contributed by atoms with Crippen molar-refractivity contribution in [3.63, 3.8) is 0 Å². The maximum Gasteiger partial charge on any atom is 0.227 e. The quantitative estimate of drug-likeness (QED) is 0.765. The summed E-state index contributed by atoms with van der Waals surface area (Å²) < 4.78 is 0. The van der Waals surface area contributed by atoms with Crippen molar-refractivity contribution in [2.75, 3.05) is 18.0 Å². The number of nitrogens with zero attached hydrogens (tertiary/aromatic N) is 3. The molecular formula is C16H26ClN3. The fourth-order valence-corrected chi connectivity index (χ4v) is 3.08. The summed E-state index contributed by atoms with van der Waals surface area (Å²) in [7, 11) is 0. The van der Waals surface area contributed by atoms with Crippen molar-refractivity contribution in [3.8, 4) is 0 Å². The zero-order valence-electron chi connectivity index (χ0n) is 13.1. The number of hydrogen-bond acceptors (Lipinski definition) is 3. The molecule has 1 aromatic heterocycles. The Morgan fingerprint density at radius 3 is 2.20 bits per heavy atom. The van der Waals surface area contributed by atoms with Crippen LogP contribution < -0.4 is 4.90 Å². The first-order chi connectivity index (χ1) is 9.47. The molecule has 1 aromatic rings. The van der Waals surface area contributed by atoms with Gasteiger partial charge in [0.2, 0.25) is 5.95 Å². The Bertz CT molecular complexity index is 447. The van der Waals surface area contributed by atoms with Gasteiger partial charge >= 0.3 is 0 Å². The van der Waals surface area contributed by atoms with Crippen molar-refractivity contribution in [1.82, 2.24) is 9.97 Å². The van der Waals surface area contributed by atoms with Gasteiger partial charge in [0.05, 0.1) is 5.69 Å². The van der Waals surface area contributed by atoms with Gasteiger partial charge in [-0.05, 0) is 37.5 Å². The highest BCUT2D eigenvalue weighted by Crippen LogP contribution is 2.27. The lowest BCUT2D eigenvalue weighted by molar-refractivity contribution is 0.541. The molecule has 0 aliphatic heterocycles. The second kappa shape index (κ2) is 6.75. The summed E-state index contributed by atoms with van der Waals surface area (Å²) in [6, 6.07) is 0. The van der Waals surface area contributed by atoms with Crippen LogP contribution in [-0.2, 0) is 12.8 Å². The highest BCUT2D eigenvalue weighted by atomic mass is 35.5. The molecule has 0 radical (unpaired) electrons. The van der Waals surface area contributed by atoms with Gasteiger partial charge in [-0.1, -0.05) is 39.3 Å². The van der Waals surface area contributed by atoms with Crippen molar-refractivity contribution in [2.45, 2.75) is 53.4 Å². The van der Waals surface area contributed by atoms with Gasteiger partial charge in [-0.25, -0.2) is 9.97 Å². The molecule has 1 aliphatic carbocycles. The molecule has 0 unspecified atom stereocenters. The van der Waals surface area contributed by atoms with Crippen molar-refractivity contribution in [3.05, 3.63) is 16.4 Å². The number of halogens is 1. The molecule has 0 N–H and O–H groups in total. The van der Waals surface area contributed by atoms with Crippen LogP contribution in [0.4, 0.5) is 5.95 Å². The zero-order valence-corrected chi connectivity index (χ0v) is 13.9. The van der Waals surface area contributed by atoms with Crippen LogP contribution >= 0.6 is 11.6 Å². The Labute approximate surface area is 127 Å². The van der Waals surface area contributed by atoms with E-state index in [1.165, 1.54) is 24.1 Å². The summed E-state index contributed by atoms with van der Waals surface area (Å²) in [5.74, 6) is 2.00. The molecule has 1 heterocycles. The number of hydrogen-bond donors (Lipinski definition) is 0. The number of fused-ring (bicyclic) bond motifs is 1. The Morgan fingerprint density at radius 2 is 1.60 bits per heavy atom. The molecule has 20 heavy (non-hydrogen) atoms. The second-order valence-electron chi connectivity index (χ2n) is 6.64. The van der Waals surface area contributed by atoms with E-state index in [1.807, 2.05) is 0 Å². The van der Waals surface area contributed by atoms with Crippen molar-refractivity contribution in [1.29, 1.82) is 0 Å². The Balaban J connectivity index is 2.30. The van der Waals surface area contributed by atoms with Gasteiger partial charge in [0, 0.05) is 18.7 Å². The highest BCUT2D eigenvalue weighted by Gasteiger charge is 2.20. The standard InChI is InChI=1S/C16H26ClN3/c1-11(2)9-20(10-12(3)4)16-18-14-8-6-5-7-13(14)15(17)19-16/h11-12H,5-10H2,1-4H3. The average molecular weight is 296 g/mol. The highest BCUT2D eigenvalue weighted by molar-refractivity contribution is 6.30. The Kier molecular flexibility index (Phi) is 5.25. The van der Waals surface area contributed by atoms with Crippen LogP contribution in [0.3, 0.4) is 0 Å². The molecule has 0 bridgehead atoms. The van der Waals surface area contributed by atoms with Gasteiger partial charge in [-0.2, -0.15) is 0 Å². The number of aromatic nitrogens is 2. The minimum absolute atomic E-state index is 0.590. The van der Waals surface area contributed by atoms with Crippen LogP contribution in [0.2, 0.25) is 5.15 Å². The van der Waals surface area contributed by atoms with Gasteiger partial charge in [0.1, 0.15) is 5.15 Å². The van der Waals surface area contributed by atoms with E-state index in [1.54, 1.807) is 0 Å². The molecule has 0 saturated heterocycles. The van der Waals surface area contributed by atoms with Crippen molar-refractivity contribution < 1.29 is 0 Å². The molecular weight excluding hydrogens is 270 g/mol. The van der Waals surface area contributed by atoms with Gasteiger partial charge < -0.3 is 4.90 Å². The minimum Gasteiger partial charge on any atom is -0.340 e. The monoisotopic (exact) mass is 295 g/mol. The maximum atomic E-state index is 6.39. The molecule has 0 saturated carbocycles. The maximum absolute atomic E-state index is 6.39. The van der Waals surface area contributed by atoms with E-state index in [2.05, 4.69) is 37.6 Å². The number of anilines is 1. The van der Waals surface area contributed by atoms with E-state index in [9.17, 15) is 0 Å². The van der Waals surface area contributed by atoms with Gasteiger partial charge in [-0.15, -0.1) is 0 Å². The van der Waals surface area contributed by atoms with E-state index in [0.717, 1.165) is 31.9 Å². The molecule has 3 nitrogen and oxygen atoms in total. The summed E-state index contributed by atoms with van der Waals surface area (Å²) in [4.78, 5) is 11.7. The van der Waals surface area contributed by atoms with E-state index in [-0.39, 0.29) is 0 Å². The van der Waals surface area contributed by atoms with Gasteiger partial charge in [0.25, 0.3) is 0 Å². The van der Waals surface area contributed by atoms with Crippen molar-refractivity contribution >= 4 is 17.5 Å². The van der Waals surface area contributed by atoms with Crippen LogP contribution in [0.15, 0.2) is 0 Å². The minimum atomic E-state index is 0.590. The van der Waals surface area contributed by atoms with Crippen LogP contribution in [0.25, 0.3) is 0 Å². The lowest BCUT2D eigenvalue weighted by Gasteiger charge is -2.28. The first kappa shape index (κ1) is 15.6. The molecule has 0 amide bonds. The smallest absolute Gasteiger partial charge is 0.227 e. The number of aryl methyl sites for hydroxylation is 1. The van der Waals surface area contributed by atoms with E-state index in [4.69, 9.17) is 16.6 Å². The molecule has 2 rings (SSSR count).